The topological polar surface area (TPSA) is 81.4 Å². The van der Waals surface area contributed by atoms with Crippen LogP contribution in [0.3, 0.4) is 0 Å². The molecule has 0 aromatic carbocycles. The number of hydrogen-bond donors (Lipinski definition) is 2. The molecule has 0 bridgehead atoms. The van der Waals surface area contributed by atoms with E-state index in [1.807, 2.05) is 0 Å². The van der Waals surface area contributed by atoms with E-state index in [-0.39, 0.29) is 24.0 Å². The highest BCUT2D eigenvalue weighted by molar-refractivity contribution is 7.99. The second kappa shape index (κ2) is 11.0. The molecule has 1 aromatic rings. The second-order valence-electron chi connectivity index (χ2n) is 4.97. The van der Waals surface area contributed by atoms with E-state index in [2.05, 4.69) is 15.3 Å². The number of alkyl halides is 3. The van der Waals surface area contributed by atoms with E-state index in [1.165, 1.54) is 17.3 Å². The number of amides is 2. The number of thioether (sulfide) groups is 1. The fraction of sp³-hybridized carbons (Fsp3) is 0.467. The predicted molar refractivity (Wildman–Crippen MR) is 98.9 cm³/mol. The van der Waals surface area contributed by atoms with Crippen molar-refractivity contribution >= 4 is 46.5 Å². The summed E-state index contributed by atoms with van der Waals surface area (Å²) in [5.74, 6) is -0.845. The Morgan fingerprint density at radius 1 is 1.58 bits per heavy atom. The Bertz CT molecular complexity index is 615. The zero-order valence-electron chi connectivity index (χ0n) is 14.0. The number of hydrogen-bond acceptors (Lipinski definition) is 5. The van der Waals surface area contributed by atoms with Gasteiger partial charge in [0.15, 0.2) is 0 Å². The predicted octanol–water partition coefficient (Wildman–Crippen LogP) is 3.70. The number of nitrogens with one attached hydrogen (secondary N) is 2. The number of aromatic nitrogens is 1. The van der Waals surface area contributed by atoms with Gasteiger partial charge < -0.3 is 10.2 Å². The van der Waals surface area contributed by atoms with Gasteiger partial charge >= 0.3 is 12.2 Å². The number of rotatable bonds is 9. The van der Waals surface area contributed by atoms with Gasteiger partial charge in [0.1, 0.15) is 11.2 Å². The first-order chi connectivity index (χ1) is 12.2. The molecular weight excluding hydrogens is 391 g/mol. The van der Waals surface area contributed by atoms with Crippen LogP contribution in [0.1, 0.15) is 6.92 Å². The van der Waals surface area contributed by atoms with Crippen molar-refractivity contribution in [3.05, 3.63) is 24.5 Å². The minimum absolute atomic E-state index is 0.0676. The summed E-state index contributed by atoms with van der Waals surface area (Å²) in [7, 11) is 0. The van der Waals surface area contributed by atoms with Crippen LogP contribution >= 0.6 is 23.4 Å². The molecule has 0 radical (unpaired) electrons. The van der Waals surface area contributed by atoms with Crippen LogP contribution in [0.5, 0.6) is 0 Å². The van der Waals surface area contributed by atoms with E-state index in [0.717, 1.165) is 0 Å². The number of carbonyl (C=O) groups excluding carboxylic acids is 1. The van der Waals surface area contributed by atoms with Crippen molar-refractivity contribution in [2.24, 2.45) is 4.99 Å². The van der Waals surface area contributed by atoms with E-state index < -0.39 is 24.0 Å². The lowest BCUT2D eigenvalue weighted by Gasteiger charge is -2.27. The van der Waals surface area contributed by atoms with Gasteiger partial charge in [0.05, 0.1) is 17.6 Å². The van der Waals surface area contributed by atoms with Crippen LogP contribution in [0, 0.1) is 5.41 Å². The van der Waals surface area contributed by atoms with Crippen molar-refractivity contribution in [3.63, 3.8) is 0 Å². The number of nitrogens with zero attached hydrogens (tertiary/aromatic N) is 3. The van der Waals surface area contributed by atoms with Gasteiger partial charge in [-0.3, -0.25) is 15.4 Å². The molecule has 0 aliphatic rings. The molecule has 2 amide bonds. The molecule has 1 rings (SSSR count). The van der Waals surface area contributed by atoms with Crippen molar-refractivity contribution in [3.8, 4) is 0 Å². The number of halogens is 4. The summed E-state index contributed by atoms with van der Waals surface area (Å²) < 4.78 is 36.2. The molecule has 0 aliphatic carbocycles. The molecule has 144 valence electrons. The van der Waals surface area contributed by atoms with E-state index in [4.69, 9.17) is 17.0 Å². The summed E-state index contributed by atoms with van der Waals surface area (Å²) >= 11 is 6.47. The molecule has 2 N–H and O–H groups in total. The second-order valence-corrected chi connectivity index (χ2v) is 6.48. The average molecular weight is 410 g/mol. The molecule has 26 heavy (non-hydrogen) atoms. The normalized spacial score (nSPS) is 12.8. The van der Waals surface area contributed by atoms with Gasteiger partial charge in [-0.2, -0.15) is 24.9 Å². The largest absolute Gasteiger partial charge is 0.397 e. The molecule has 0 saturated carbocycles. The van der Waals surface area contributed by atoms with Crippen molar-refractivity contribution in [2.45, 2.75) is 19.1 Å². The molecule has 0 spiro atoms. The Morgan fingerprint density at radius 2 is 2.31 bits per heavy atom. The summed E-state index contributed by atoms with van der Waals surface area (Å²) in [5, 5.41) is 9.88. The van der Waals surface area contributed by atoms with Crippen LogP contribution in [-0.4, -0.2) is 64.1 Å². The lowest BCUT2D eigenvalue weighted by Crippen LogP contribution is -2.49. The van der Waals surface area contributed by atoms with E-state index in [0.29, 0.717) is 17.4 Å². The van der Waals surface area contributed by atoms with Gasteiger partial charge in [-0.25, -0.2) is 4.79 Å². The van der Waals surface area contributed by atoms with Crippen molar-refractivity contribution in [2.75, 3.05) is 24.6 Å². The van der Waals surface area contributed by atoms with Crippen LogP contribution in [0.4, 0.5) is 23.7 Å². The van der Waals surface area contributed by atoms with Crippen LogP contribution in [-0.2, 0) is 0 Å². The van der Waals surface area contributed by atoms with Gasteiger partial charge in [-0.05, 0) is 19.1 Å². The summed E-state index contributed by atoms with van der Waals surface area (Å²) in [6.45, 7) is 2.00. The monoisotopic (exact) mass is 409 g/mol. The number of urea groups is 1. The first-order valence-corrected chi connectivity index (χ1v) is 9.15. The highest BCUT2D eigenvalue weighted by Gasteiger charge is 2.27. The third-order valence-corrected chi connectivity index (χ3v) is 4.24. The quantitative estimate of drug-likeness (QED) is 0.482. The molecule has 0 aliphatic heterocycles. The van der Waals surface area contributed by atoms with Crippen LogP contribution < -0.4 is 5.32 Å². The average Bonchev–Trinajstić information content (AvgIpc) is 2.57. The Balaban J connectivity index is 2.62. The van der Waals surface area contributed by atoms with Gasteiger partial charge in [0, 0.05) is 31.3 Å². The minimum atomic E-state index is -4.23. The molecule has 0 fully saturated rings. The van der Waals surface area contributed by atoms with Gasteiger partial charge in [0.25, 0.3) is 0 Å². The maximum atomic E-state index is 12.2. The van der Waals surface area contributed by atoms with E-state index in [9.17, 15) is 18.0 Å². The highest BCUT2D eigenvalue weighted by atomic mass is 35.5. The Hall–Kier alpha value is -1.81. The van der Waals surface area contributed by atoms with E-state index >= 15 is 0 Å². The molecular formula is C15H19ClF3N5OS. The third kappa shape index (κ3) is 8.52. The Morgan fingerprint density at radius 3 is 2.85 bits per heavy atom. The van der Waals surface area contributed by atoms with Crippen molar-refractivity contribution in [1.82, 2.24) is 15.2 Å². The number of carbonyl (C=O) groups is 1. The molecule has 1 heterocycles. The molecule has 6 nitrogen and oxygen atoms in total. The number of pyridine rings is 1. The highest BCUT2D eigenvalue weighted by Crippen LogP contribution is 2.20. The van der Waals surface area contributed by atoms with Crippen LogP contribution in [0.2, 0.25) is 0 Å². The summed E-state index contributed by atoms with van der Waals surface area (Å²) in [6.07, 6.45) is 0.224. The SMILES string of the molecule is CCN(C(=O)NCCSCC(F)(F)F)C(C=Nc1cccnc1)C(=N)Cl. The van der Waals surface area contributed by atoms with Gasteiger partial charge in [0.2, 0.25) is 0 Å². The first-order valence-electron chi connectivity index (χ1n) is 7.61. The van der Waals surface area contributed by atoms with Gasteiger partial charge in [-0.1, -0.05) is 11.6 Å². The fourth-order valence-electron chi connectivity index (χ4n) is 1.86. The fourth-order valence-corrected chi connectivity index (χ4v) is 2.65. The van der Waals surface area contributed by atoms with Gasteiger partial charge in [-0.15, -0.1) is 0 Å². The van der Waals surface area contributed by atoms with Crippen LogP contribution in [0.25, 0.3) is 0 Å². The molecule has 0 saturated heterocycles. The molecule has 11 heteroatoms. The number of aliphatic imine (C=N–C) groups is 1. The zero-order valence-corrected chi connectivity index (χ0v) is 15.5. The zero-order chi connectivity index (χ0) is 19.6. The molecule has 1 aromatic heterocycles. The van der Waals surface area contributed by atoms with Crippen molar-refractivity contribution < 1.29 is 18.0 Å². The lowest BCUT2D eigenvalue weighted by atomic mass is 10.3. The Labute approximate surface area is 158 Å². The van der Waals surface area contributed by atoms with Crippen molar-refractivity contribution in [1.29, 1.82) is 5.41 Å². The third-order valence-electron chi connectivity index (χ3n) is 3.00. The summed E-state index contributed by atoms with van der Waals surface area (Å²) in [4.78, 5) is 21.6. The summed E-state index contributed by atoms with van der Waals surface area (Å²) in [6, 6.07) is 1.97. The lowest BCUT2D eigenvalue weighted by molar-refractivity contribution is -0.105. The standard InChI is InChI=1S/C15H19ClF3N5OS/c1-2-24(14(25)22-6-7-26-10-15(17,18)19)12(13(16)20)9-23-11-4-3-5-21-8-11/h3-5,8-9,12,20H,2,6-7,10H2,1H3,(H,22,25). The maximum Gasteiger partial charge on any atom is 0.397 e. The molecule has 1 atom stereocenters. The smallest absolute Gasteiger partial charge is 0.337 e. The first kappa shape index (κ1) is 22.2. The van der Waals surface area contributed by atoms with Crippen LogP contribution in [0.15, 0.2) is 29.5 Å². The van der Waals surface area contributed by atoms with E-state index in [1.54, 1.807) is 25.3 Å². The molecule has 1 unspecified atom stereocenters. The summed E-state index contributed by atoms with van der Waals surface area (Å²) in [5.41, 5.74) is 0.537. The Kier molecular flexibility index (Phi) is 9.42. The maximum absolute atomic E-state index is 12.2. The minimum Gasteiger partial charge on any atom is -0.337 e.